The molecule has 0 saturated heterocycles. The molecule has 4 rings (SSSR count). The highest BCUT2D eigenvalue weighted by atomic mass is 35.5. The molecule has 4 aromatic rings. The predicted octanol–water partition coefficient (Wildman–Crippen LogP) is 7.18. The molecule has 29 heavy (non-hydrogen) atoms. The molecule has 1 amide bonds. The Bertz CT molecular complexity index is 1180. The third-order valence-electron chi connectivity index (χ3n) is 4.22. The maximum atomic E-state index is 12.7. The van der Waals surface area contributed by atoms with Crippen LogP contribution in [0.4, 0.5) is 5.69 Å². The van der Waals surface area contributed by atoms with E-state index in [0.29, 0.717) is 22.0 Å². The standard InChI is InChI=1S/C21H13Cl3N2O2S/c1-28-19-14(23)8-12(9-15(19)24)20(27)25-17-10-11(6-7-13(17)22)21-26-16-4-2-3-5-18(16)29-21/h2-10H,1H3,(H,25,27). The summed E-state index contributed by atoms with van der Waals surface area (Å²) in [5.74, 6) is -0.0689. The zero-order valence-corrected chi connectivity index (χ0v) is 18.1. The maximum absolute atomic E-state index is 12.7. The van der Waals surface area contributed by atoms with Crippen LogP contribution in [0.3, 0.4) is 0 Å². The van der Waals surface area contributed by atoms with Gasteiger partial charge in [-0.1, -0.05) is 53.0 Å². The Balaban J connectivity index is 1.65. The van der Waals surface area contributed by atoms with E-state index in [-0.39, 0.29) is 16.0 Å². The maximum Gasteiger partial charge on any atom is 0.255 e. The third kappa shape index (κ3) is 4.05. The molecular weight excluding hydrogens is 451 g/mol. The summed E-state index contributed by atoms with van der Waals surface area (Å²) in [4.78, 5) is 17.4. The summed E-state index contributed by atoms with van der Waals surface area (Å²) < 4.78 is 6.20. The van der Waals surface area contributed by atoms with Crippen molar-refractivity contribution in [2.75, 3.05) is 12.4 Å². The number of nitrogens with zero attached hydrogens (tertiary/aromatic N) is 1. The highest BCUT2D eigenvalue weighted by molar-refractivity contribution is 7.21. The predicted molar refractivity (Wildman–Crippen MR) is 121 cm³/mol. The molecule has 1 aromatic heterocycles. The minimum atomic E-state index is -0.389. The molecule has 0 aliphatic rings. The quantitative estimate of drug-likeness (QED) is 0.348. The van der Waals surface area contributed by atoms with Gasteiger partial charge in [-0.3, -0.25) is 4.79 Å². The van der Waals surface area contributed by atoms with Gasteiger partial charge in [-0.05, 0) is 36.4 Å². The summed E-state index contributed by atoms with van der Waals surface area (Å²) in [5.41, 5.74) is 2.55. The summed E-state index contributed by atoms with van der Waals surface area (Å²) in [6, 6.07) is 16.3. The van der Waals surface area contributed by atoms with Crippen molar-refractivity contribution in [2.24, 2.45) is 0 Å². The molecule has 0 saturated carbocycles. The van der Waals surface area contributed by atoms with E-state index in [1.807, 2.05) is 30.3 Å². The van der Waals surface area contributed by atoms with Crippen molar-refractivity contribution in [1.29, 1.82) is 0 Å². The number of fused-ring (bicyclic) bond motifs is 1. The van der Waals surface area contributed by atoms with Crippen molar-refractivity contribution < 1.29 is 9.53 Å². The highest BCUT2D eigenvalue weighted by Crippen LogP contribution is 2.36. The van der Waals surface area contributed by atoms with Crippen LogP contribution in [0.15, 0.2) is 54.6 Å². The Kier molecular flexibility index (Phi) is 5.65. The fraction of sp³-hybridized carbons (Fsp3) is 0.0476. The van der Waals surface area contributed by atoms with E-state index in [0.717, 1.165) is 20.8 Å². The molecule has 0 aliphatic heterocycles. The number of hydrogen-bond donors (Lipinski definition) is 1. The third-order valence-corrected chi connectivity index (χ3v) is 6.20. The van der Waals surface area contributed by atoms with Gasteiger partial charge in [0.25, 0.3) is 5.91 Å². The summed E-state index contributed by atoms with van der Waals surface area (Å²) in [6.07, 6.45) is 0. The normalized spacial score (nSPS) is 10.9. The molecule has 0 bridgehead atoms. The van der Waals surface area contributed by atoms with E-state index in [4.69, 9.17) is 39.5 Å². The number of hydrogen-bond acceptors (Lipinski definition) is 4. The van der Waals surface area contributed by atoms with Crippen molar-refractivity contribution in [3.8, 4) is 16.3 Å². The van der Waals surface area contributed by atoms with E-state index >= 15 is 0 Å². The minimum Gasteiger partial charge on any atom is -0.494 e. The van der Waals surface area contributed by atoms with Crippen LogP contribution in [0, 0.1) is 0 Å². The lowest BCUT2D eigenvalue weighted by Gasteiger charge is -2.11. The Morgan fingerprint density at radius 2 is 1.72 bits per heavy atom. The van der Waals surface area contributed by atoms with Gasteiger partial charge in [0.05, 0.1) is 38.1 Å². The van der Waals surface area contributed by atoms with Crippen LogP contribution in [0.2, 0.25) is 15.1 Å². The number of aromatic nitrogens is 1. The van der Waals surface area contributed by atoms with Crippen LogP contribution in [-0.4, -0.2) is 18.0 Å². The number of rotatable bonds is 4. The number of para-hydroxylation sites is 1. The largest absolute Gasteiger partial charge is 0.494 e. The number of nitrogens with one attached hydrogen (secondary N) is 1. The second-order valence-corrected chi connectivity index (χ2v) is 8.36. The van der Waals surface area contributed by atoms with Gasteiger partial charge in [0, 0.05) is 11.1 Å². The fourth-order valence-electron chi connectivity index (χ4n) is 2.83. The molecule has 0 aliphatic carbocycles. The molecule has 1 heterocycles. The Labute approximate surface area is 186 Å². The molecule has 0 unspecified atom stereocenters. The first-order valence-electron chi connectivity index (χ1n) is 8.46. The molecular formula is C21H13Cl3N2O2S. The van der Waals surface area contributed by atoms with Crippen molar-refractivity contribution in [1.82, 2.24) is 4.98 Å². The van der Waals surface area contributed by atoms with Crippen molar-refractivity contribution in [3.05, 3.63) is 75.2 Å². The summed E-state index contributed by atoms with van der Waals surface area (Å²) in [6.45, 7) is 0. The van der Waals surface area contributed by atoms with Crippen LogP contribution >= 0.6 is 46.1 Å². The zero-order chi connectivity index (χ0) is 20.5. The van der Waals surface area contributed by atoms with E-state index in [9.17, 15) is 4.79 Å². The van der Waals surface area contributed by atoms with Gasteiger partial charge in [-0.25, -0.2) is 4.98 Å². The average Bonchev–Trinajstić information content (AvgIpc) is 3.13. The van der Waals surface area contributed by atoms with Crippen molar-refractivity contribution in [2.45, 2.75) is 0 Å². The molecule has 0 radical (unpaired) electrons. The Morgan fingerprint density at radius 3 is 2.41 bits per heavy atom. The van der Waals surface area contributed by atoms with E-state index in [2.05, 4.69) is 10.3 Å². The second kappa shape index (κ2) is 8.20. The molecule has 4 nitrogen and oxygen atoms in total. The van der Waals surface area contributed by atoms with Gasteiger partial charge in [0.15, 0.2) is 5.75 Å². The molecule has 3 aromatic carbocycles. The number of carbonyl (C=O) groups is 1. The number of thiazole rings is 1. The number of amides is 1. The monoisotopic (exact) mass is 462 g/mol. The fourth-order valence-corrected chi connectivity index (χ4v) is 4.60. The van der Waals surface area contributed by atoms with E-state index in [1.165, 1.54) is 19.2 Å². The van der Waals surface area contributed by atoms with E-state index < -0.39 is 0 Å². The Hall–Kier alpha value is -2.31. The summed E-state index contributed by atoms with van der Waals surface area (Å²) in [7, 11) is 1.46. The number of methoxy groups -OCH3 is 1. The number of anilines is 1. The lowest BCUT2D eigenvalue weighted by Crippen LogP contribution is -2.12. The van der Waals surface area contributed by atoms with Gasteiger partial charge in [-0.15, -0.1) is 11.3 Å². The summed E-state index contributed by atoms with van der Waals surface area (Å²) >= 11 is 20.1. The SMILES string of the molecule is COc1c(Cl)cc(C(=O)Nc2cc(-c3nc4ccccc4s3)ccc2Cl)cc1Cl. The number of benzene rings is 3. The van der Waals surface area contributed by atoms with Crippen LogP contribution < -0.4 is 10.1 Å². The Morgan fingerprint density at radius 1 is 1.00 bits per heavy atom. The molecule has 8 heteroatoms. The molecule has 0 spiro atoms. The van der Waals surface area contributed by atoms with Crippen LogP contribution in [0.25, 0.3) is 20.8 Å². The van der Waals surface area contributed by atoms with Crippen LogP contribution in [0.1, 0.15) is 10.4 Å². The topological polar surface area (TPSA) is 51.2 Å². The first-order chi connectivity index (χ1) is 14.0. The lowest BCUT2D eigenvalue weighted by molar-refractivity contribution is 0.102. The van der Waals surface area contributed by atoms with Crippen molar-refractivity contribution in [3.63, 3.8) is 0 Å². The van der Waals surface area contributed by atoms with Gasteiger partial charge in [0.2, 0.25) is 0 Å². The number of ether oxygens (including phenoxy) is 1. The average molecular weight is 464 g/mol. The minimum absolute atomic E-state index is 0.250. The smallest absolute Gasteiger partial charge is 0.255 e. The van der Waals surface area contributed by atoms with Gasteiger partial charge in [0.1, 0.15) is 5.01 Å². The highest BCUT2D eigenvalue weighted by Gasteiger charge is 2.16. The number of carbonyl (C=O) groups excluding carboxylic acids is 1. The molecule has 0 fully saturated rings. The first-order valence-corrected chi connectivity index (χ1v) is 10.4. The van der Waals surface area contributed by atoms with Gasteiger partial charge < -0.3 is 10.1 Å². The van der Waals surface area contributed by atoms with Gasteiger partial charge in [-0.2, -0.15) is 0 Å². The van der Waals surface area contributed by atoms with Crippen molar-refractivity contribution >= 4 is 68.0 Å². The molecule has 0 atom stereocenters. The number of halogens is 3. The van der Waals surface area contributed by atoms with Crippen LogP contribution in [-0.2, 0) is 0 Å². The lowest BCUT2D eigenvalue weighted by atomic mass is 10.1. The van der Waals surface area contributed by atoms with Crippen LogP contribution in [0.5, 0.6) is 5.75 Å². The zero-order valence-electron chi connectivity index (χ0n) is 15.0. The van der Waals surface area contributed by atoms with Gasteiger partial charge >= 0.3 is 0 Å². The summed E-state index contributed by atoms with van der Waals surface area (Å²) in [5, 5.41) is 4.56. The second-order valence-electron chi connectivity index (χ2n) is 6.11. The molecule has 146 valence electrons. The van der Waals surface area contributed by atoms with E-state index in [1.54, 1.807) is 23.5 Å². The first kappa shape index (κ1) is 20.0. The molecule has 1 N–H and O–H groups in total.